The van der Waals surface area contributed by atoms with Gasteiger partial charge in [-0.3, -0.25) is 9.89 Å². The molecule has 0 radical (unpaired) electrons. The predicted molar refractivity (Wildman–Crippen MR) is 103 cm³/mol. The SMILES string of the molecule is Cc1cc(OCc2nc(SCC(=O)N3CCCC[C@H]3C)n[nH]2)ccc1Cl. The van der Waals surface area contributed by atoms with E-state index in [4.69, 9.17) is 16.3 Å². The molecule has 1 fully saturated rings. The van der Waals surface area contributed by atoms with Crippen LogP contribution in [0.4, 0.5) is 0 Å². The summed E-state index contributed by atoms with van der Waals surface area (Å²) in [5.41, 5.74) is 0.962. The maximum atomic E-state index is 12.4. The number of aromatic nitrogens is 3. The van der Waals surface area contributed by atoms with Gasteiger partial charge in [-0.2, -0.15) is 0 Å². The van der Waals surface area contributed by atoms with Gasteiger partial charge in [-0.05, 0) is 56.9 Å². The van der Waals surface area contributed by atoms with Crippen molar-refractivity contribution in [2.75, 3.05) is 12.3 Å². The number of amides is 1. The first-order chi connectivity index (χ1) is 12.5. The van der Waals surface area contributed by atoms with E-state index < -0.39 is 0 Å². The number of likely N-dealkylation sites (tertiary alicyclic amines) is 1. The zero-order valence-corrected chi connectivity index (χ0v) is 16.6. The number of benzene rings is 1. The molecule has 8 heteroatoms. The molecule has 0 saturated carbocycles. The van der Waals surface area contributed by atoms with E-state index in [1.165, 1.54) is 18.2 Å². The third kappa shape index (κ3) is 4.92. The van der Waals surface area contributed by atoms with Crippen molar-refractivity contribution in [2.45, 2.75) is 50.9 Å². The number of aryl methyl sites for hydroxylation is 1. The second-order valence-corrected chi connectivity index (χ2v) is 7.83. The highest BCUT2D eigenvalue weighted by Gasteiger charge is 2.23. The van der Waals surface area contributed by atoms with Crippen LogP contribution in [0, 0.1) is 6.92 Å². The first-order valence-electron chi connectivity index (χ1n) is 8.75. The molecule has 1 aliphatic rings. The number of rotatable bonds is 6. The van der Waals surface area contributed by atoms with Crippen molar-refractivity contribution < 1.29 is 9.53 Å². The smallest absolute Gasteiger partial charge is 0.233 e. The van der Waals surface area contributed by atoms with Crippen molar-refractivity contribution in [1.82, 2.24) is 20.1 Å². The van der Waals surface area contributed by atoms with Gasteiger partial charge in [-0.15, -0.1) is 5.10 Å². The molecule has 3 rings (SSSR count). The molecule has 140 valence electrons. The van der Waals surface area contributed by atoms with Crippen LogP contribution in [0.15, 0.2) is 23.4 Å². The van der Waals surface area contributed by atoms with E-state index in [2.05, 4.69) is 22.1 Å². The number of carbonyl (C=O) groups is 1. The van der Waals surface area contributed by atoms with E-state index in [0.29, 0.717) is 27.8 Å². The van der Waals surface area contributed by atoms with Crippen molar-refractivity contribution in [3.8, 4) is 5.75 Å². The van der Waals surface area contributed by atoms with Crippen molar-refractivity contribution in [3.63, 3.8) is 0 Å². The number of piperidine rings is 1. The quantitative estimate of drug-likeness (QED) is 0.753. The van der Waals surface area contributed by atoms with Gasteiger partial charge in [-0.1, -0.05) is 23.4 Å². The van der Waals surface area contributed by atoms with Crippen molar-refractivity contribution >= 4 is 29.3 Å². The van der Waals surface area contributed by atoms with Crippen LogP contribution in [0.2, 0.25) is 5.02 Å². The van der Waals surface area contributed by atoms with E-state index in [-0.39, 0.29) is 12.5 Å². The molecule has 0 bridgehead atoms. The third-order valence-corrected chi connectivity index (χ3v) is 5.72. The summed E-state index contributed by atoms with van der Waals surface area (Å²) >= 11 is 7.36. The van der Waals surface area contributed by atoms with E-state index in [1.807, 2.05) is 24.0 Å². The molecule has 2 heterocycles. The highest BCUT2D eigenvalue weighted by molar-refractivity contribution is 7.99. The highest BCUT2D eigenvalue weighted by Crippen LogP contribution is 2.22. The maximum absolute atomic E-state index is 12.4. The largest absolute Gasteiger partial charge is 0.486 e. The van der Waals surface area contributed by atoms with Crippen LogP contribution in [0.1, 0.15) is 37.6 Å². The first-order valence-corrected chi connectivity index (χ1v) is 10.1. The van der Waals surface area contributed by atoms with Crippen LogP contribution >= 0.6 is 23.4 Å². The Labute approximate surface area is 162 Å². The molecular weight excluding hydrogens is 372 g/mol. The van der Waals surface area contributed by atoms with Gasteiger partial charge in [-0.25, -0.2) is 4.98 Å². The van der Waals surface area contributed by atoms with Gasteiger partial charge >= 0.3 is 0 Å². The number of nitrogens with zero attached hydrogens (tertiary/aromatic N) is 3. The highest BCUT2D eigenvalue weighted by atomic mass is 35.5. The van der Waals surface area contributed by atoms with E-state index >= 15 is 0 Å². The van der Waals surface area contributed by atoms with Gasteiger partial charge in [0.05, 0.1) is 5.75 Å². The zero-order chi connectivity index (χ0) is 18.5. The zero-order valence-electron chi connectivity index (χ0n) is 15.0. The Kier molecular flexibility index (Phi) is 6.43. The number of halogens is 1. The molecule has 0 spiro atoms. The first kappa shape index (κ1) is 19.0. The third-order valence-electron chi connectivity index (χ3n) is 4.46. The van der Waals surface area contributed by atoms with E-state index in [0.717, 1.165) is 30.7 Å². The minimum absolute atomic E-state index is 0.154. The number of thioether (sulfide) groups is 1. The summed E-state index contributed by atoms with van der Waals surface area (Å²) in [4.78, 5) is 18.7. The molecule has 26 heavy (non-hydrogen) atoms. The minimum atomic E-state index is 0.154. The Hall–Kier alpha value is -1.73. The van der Waals surface area contributed by atoms with Crippen LogP contribution in [0.25, 0.3) is 0 Å². The number of hydrogen-bond donors (Lipinski definition) is 1. The van der Waals surface area contributed by atoms with Gasteiger partial charge in [0.1, 0.15) is 12.4 Å². The Morgan fingerprint density at radius 1 is 1.46 bits per heavy atom. The molecule has 1 aromatic heterocycles. The topological polar surface area (TPSA) is 71.1 Å². The summed E-state index contributed by atoms with van der Waals surface area (Å²) in [6, 6.07) is 5.84. The van der Waals surface area contributed by atoms with Gasteiger partial charge < -0.3 is 9.64 Å². The van der Waals surface area contributed by atoms with Crippen LogP contribution in [-0.4, -0.2) is 44.3 Å². The van der Waals surface area contributed by atoms with Crippen molar-refractivity contribution in [3.05, 3.63) is 34.6 Å². The molecule has 0 aliphatic carbocycles. The molecule has 1 atom stereocenters. The average molecular weight is 395 g/mol. The molecule has 0 unspecified atom stereocenters. The van der Waals surface area contributed by atoms with Crippen LogP contribution in [0.5, 0.6) is 5.75 Å². The molecule has 1 aliphatic heterocycles. The lowest BCUT2D eigenvalue weighted by atomic mass is 10.0. The lowest BCUT2D eigenvalue weighted by Gasteiger charge is -2.33. The van der Waals surface area contributed by atoms with Gasteiger partial charge in [0.25, 0.3) is 0 Å². The molecular formula is C18H23ClN4O2S. The van der Waals surface area contributed by atoms with Gasteiger partial charge in [0.2, 0.25) is 11.1 Å². The molecule has 1 amide bonds. The molecule has 1 aromatic carbocycles. The van der Waals surface area contributed by atoms with Crippen LogP contribution in [-0.2, 0) is 11.4 Å². The Bertz CT molecular complexity index is 767. The average Bonchev–Trinajstić information content (AvgIpc) is 3.09. The molecule has 2 aromatic rings. The fourth-order valence-corrected chi connectivity index (χ4v) is 3.76. The normalized spacial score (nSPS) is 17.3. The predicted octanol–water partition coefficient (Wildman–Crippen LogP) is 3.84. The number of aromatic amines is 1. The number of hydrogen-bond acceptors (Lipinski definition) is 5. The minimum Gasteiger partial charge on any atom is -0.486 e. The monoisotopic (exact) mass is 394 g/mol. The summed E-state index contributed by atoms with van der Waals surface area (Å²) in [6.45, 7) is 5.18. The molecule has 6 nitrogen and oxygen atoms in total. The van der Waals surface area contributed by atoms with Gasteiger partial charge in [0, 0.05) is 17.6 Å². The fourth-order valence-electron chi connectivity index (χ4n) is 2.94. The summed E-state index contributed by atoms with van der Waals surface area (Å²) in [6.07, 6.45) is 3.38. The number of H-pyrrole nitrogens is 1. The number of carbonyl (C=O) groups excluding carboxylic acids is 1. The summed E-state index contributed by atoms with van der Waals surface area (Å²) in [5.74, 6) is 1.87. The fraction of sp³-hybridized carbons (Fsp3) is 0.500. The van der Waals surface area contributed by atoms with Gasteiger partial charge in [0.15, 0.2) is 5.82 Å². The van der Waals surface area contributed by atoms with Crippen LogP contribution < -0.4 is 4.74 Å². The lowest BCUT2D eigenvalue weighted by Crippen LogP contribution is -2.42. The summed E-state index contributed by atoms with van der Waals surface area (Å²) < 4.78 is 5.70. The Balaban J connectivity index is 1.48. The second kappa shape index (κ2) is 8.77. The second-order valence-electron chi connectivity index (χ2n) is 6.48. The summed E-state index contributed by atoms with van der Waals surface area (Å²) in [7, 11) is 0. The molecule has 1 N–H and O–H groups in total. The summed E-state index contributed by atoms with van der Waals surface area (Å²) in [5, 5.41) is 8.28. The Morgan fingerprint density at radius 3 is 3.08 bits per heavy atom. The maximum Gasteiger partial charge on any atom is 0.233 e. The Morgan fingerprint density at radius 2 is 2.31 bits per heavy atom. The van der Waals surface area contributed by atoms with Crippen molar-refractivity contribution in [1.29, 1.82) is 0 Å². The van der Waals surface area contributed by atoms with Crippen molar-refractivity contribution in [2.24, 2.45) is 0 Å². The number of ether oxygens (including phenoxy) is 1. The lowest BCUT2D eigenvalue weighted by molar-refractivity contribution is -0.131. The standard InChI is InChI=1S/C18H23ClN4O2S/c1-12-9-14(6-7-15(12)19)25-10-16-20-18(22-21-16)26-11-17(24)23-8-4-3-5-13(23)2/h6-7,9,13H,3-5,8,10-11H2,1-2H3,(H,20,21,22)/t13-/m1/s1. The van der Waals surface area contributed by atoms with E-state index in [1.54, 1.807) is 6.07 Å². The van der Waals surface area contributed by atoms with Crippen LogP contribution in [0.3, 0.4) is 0 Å². The number of nitrogens with one attached hydrogen (secondary N) is 1. The van der Waals surface area contributed by atoms with E-state index in [9.17, 15) is 4.79 Å². The molecule has 1 saturated heterocycles.